The first-order chi connectivity index (χ1) is 14.9. The second-order valence-electron chi connectivity index (χ2n) is 7.92. The second-order valence-corrected chi connectivity index (χ2v) is 7.92. The molecule has 0 saturated heterocycles. The minimum atomic E-state index is -1.20. The third-order valence-electron chi connectivity index (χ3n) is 5.63. The number of aryl methyl sites for hydroxylation is 3. The van der Waals surface area contributed by atoms with E-state index >= 15 is 0 Å². The zero-order valence-electron chi connectivity index (χ0n) is 18.0. The van der Waals surface area contributed by atoms with Crippen LogP contribution in [0.15, 0.2) is 66.7 Å². The van der Waals surface area contributed by atoms with Gasteiger partial charge in [-0.2, -0.15) is 0 Å². The molecule has 0 radical (unpaired) electrons. The summed E-state index contributed by atoms with van der Waals surface area (Å²) < 4.78 is 0. The Kier molecular flexibility index (Phi) is 5.50. The summed E-state index contributed by atoms with van der Waals surface area (Å²) in [5.41, 5.74) is 6.08. The Morgan fingerprint density at radius 2 is 2.19 bits per heavy atom. The average Bonchev–Trinajstić information content (AvgIpc) is 3.19. The first-order valence-corrected chi connectivity index (χ1v) is 10.4. The number of hydrazine groups is 1. The first-order valence-electron chi connectivity index (χ1n) is 10.4. The van der Waals surface area contributed by atoms with Gasteiger partial charge in [0.2, 0.25) is 0 Å². The van der Waals surface area contributed by atoms with Crippen molar-refractivity contribution in [2.24, 2.45) is 0 Å². The van der Waals surface area contributed by atoms with Gasteiger partial charge in [0.25, 0.3) is 0 Å². The lowest BCUT2D eigenvalue weighted by molar-refractivity contribution is -0.142. The van der Waals surface area contributed by atoms with E-state index in [2.05, 4.69) is 40.8 Å². The minimum absolute atomic E-state index is 0.169. The van der Waals surface area contributed by atoms with Crippen molar-refractivity contribution in [3.8, 4) is 0 Å². The van der Waals surface area contributed by atoms with Gasteiger partial charge in [-0.25, -0.2) is 9.78 Å². The number of carboxylic acids is 1. The van der Waals surface area contributed by atoms with Gasteiger partial charge in [-0.3, -0.25) is 15.4 Å². The molecule has 0 spiro atoms. The van der Waals surface area contributed by atoms with Crippen LogP contribution in [-0.2, 0) is 11.2 Å². The molecular formula is C24H27N5O2. The van der Waals surface area contributed by atoms with E-state index < -0.39 is 11.5 Å². The van der Waals surface area contributed by atoms with E-state index in [1.165, 1.54) is 5.56 Å². The Bertz CT molecular complexity index is 1090. The van der Waals surface area contributed by atoms with Crippen molar-refractivity contribution in [1.82, 2.24) is 20.7 Å². The van der Waals surface area contributed by atoms with Crippen LogP contribution in [0.5, 0.6) is 0 Å². The molecule has 0 fully saturated rings. The lowest BCUT2D eigenvalue weighted by atomic mass is 9.91. The highest BCUT2D eigenvalue weighted by Gasteiger charge is 2.39. The van der Waals surface area contributed by atoms with Crippen molar-refractivity contribution in [2.75, 3.05) is 5.01 Å². The molecular weight excluding hydrogens is 390 g/mol. The topological polar surface area (TPSA) is 90.4 Å². The predicted octanol–water partition coefficient (Wildman–Crippen LogP) is 3.49. The maximum Gasteiger partial charge on any atom is 0.333 e. The highest BCUT2D eigenvalue weighted by Crippen LogP contribution is 2.33. The summed E-state index contributed by atoms with van der Waals surface area (Å²) in [5.74, 6) is 0.408. The number of aliphatic carboxylic acids is 1. The molecule has 0 bridgehead atoms. The summed E-state index contributed by atoms with van der Waals surface area (Å²) in [6.07, 6.45) is 12.2. The van der Waals surface area contributed by atoms with Crippen LogP contribution in [0.1, 0.15) is 41.9 Å². The van der Waals surface area contributed by atoms with E-state index in [0.29, 0.717) is 18.1 Å². The number of hydrogen-bond donors (Lipinski definition) is 3. The van der Waals surface area contributed by atoms with Crippen molar-refractivity contribution in [3.05, 3.63) is 89.2 Å². The Balaban J connectivity index is 1.74. The van der Waals surface area contributed by atoms with Gasteiger partial charge in [0, 0.05) is 12.6 Å². The average molecular weight is 418 g/mol. The van der Waals surface area contributed by atoms with Crippen LogP contribution >= 0.6 is 0 Å². The molecule has 2 atom stereocenters. The van der Waals surface area contributed by atoms with E-state index in [0.717, 1.165) is 23.4 Å². The SMILES string of the molecule is CCc1cccc(C2C=C(NC3(C(=O)O)C=CC=CC3)NN2c2nc(C)cnc2C)c1. The summed E-state index contributed by atoms with van der Waals surface area (Å²) in [6, 6.07) is 8.24. The van der Waals surface area contributed by atoms with Gasteiger partial charge in [0.1, 0.15) is 5.82 Å². The van der Waals surface area contributed by atoms with Crippen molar-refractivity contribution < 1.29 is 9.90 Å². The number of hydrogen-bond acceptors (Lipinski definition) is 6. The predicted molar refractivity (Wildman–Crippen MR) is 120 cm³/mol. The molecule has 0 saturated carbocycles. The zero-order valence-corrected chi connectivity index (χ0v) is 18.0. The summed E-state index contributed by atoms with van der Waals surface area (Å²) in [4.78, 5) is 21.3. The third kappa shape index (κ3) is 4.03. The highest BCUT2D eigenvalue weighted by atomic mass is 16.4. The monoisotopic (exact) mass is 417 g/mol. The lowest BCUT2D eigenvalue weighted by Crippen LogP contribution is -2.53. The lowest BCUT2D eigenvalue weighted by Gasteiger charge is -2.31. The Morgan fingerprint density at radius 1 is 1.35 bits per heavy atom. The number of anilines is 1. The van der Waals surface area contributed by atoms with Crippen LogP contribution in [0.2, 0.25) is 0 Å². The van der Waals surface area contributed by atoms with Gasteiger partial charge >= 0.3 is 5.97 Å². The molecule has 4 rings (SSSR count). The van der Waals surface area contributed by atoms with E-state index in [9.17, 15) is 9.90 Å². The summed E-state index contributed by atoms with van der Waals surface area (Å²) in [7, 11) is 0. The fraction of sp³-hybridized carbons (Fsp3) is 0.292. The van der Waals surface area contributed by atoms with E-state index in [1.807, 2.05) is 43.2 Å². The molecule has 2 aromatic rings. The minimum Gasteiger partial charge on any atom is -0.479 e. The fourth-order valence-corrected chi connectivity index (χ4v) is 3.88. The Labute approximate surface area is 182 Å². The van der Waals surface area contributed by atoms with E-state index in [1.54, 1.807) is 18.3 Å². The molecule has 1 aromatic carbocycles. The van der Waals surface area contributed by atoms with E-state index in [4.69, 9.17) is 4.98 Å². The number of benzene rings is 1. The molecule has 1 aliphatic heterocycles. The van der Waals surface area contributed by atoms with Gasteiger partial charge in [0.05, 0.1) is 17.4 Å². The fourth-order valence-electron chi connectivity index (χ4n) is 3.88. The number of carbonyl (C=O) groups is 1. The van der Waals surface area contributed by atoms with Gasteiger partial charge in [-0.05, 0) is 43.5 Å². The number of nitrogens with zero attached hydrogens (tertiary/aromatic N) is 3. The third-order valence-corrected chi connectivity index (χ3v) is 5.63. The van der Waals surface area contributed by atoms with Crippen molar-refractivity contribution in [2.45, 2.75) is 45.2 Å². The second kappa shape index (κ2) is 8.26. The molecule has 1 aromatic heterocycles. The van der Waals surface area contributed by atoms with Crippen molar-refractivity contribution in [3.63, 3.8) is 0 Å². The Morgan fingerprint density at radius 3 is 2.90 bits per heavy atom. The summed E-state index contributed by atoms with van der Waals surface area (Å²) >= 11 is 0. The molecule has 0 amide bonds. The van der Waals surface area contributed by atoms with Crippen LogP contribution < -0.4 is 15.8 Å². The molecule has 2 aliphatic rings. The zero-order chi connectivity index (χ0) is 22.0. The van der Waals surface area contributed by atoms with Crippen LogP contribution in [0, 0.1) is 13.8 Å². The van der Waals surface area contributed by atoms with Crippen molar-refractivity contribution >= 4 is 11.8 Å². The molecule has 7 heteroatoms. The van der Waals surface area contributed by atoms with Crippen LogP contribution in [-0.4, -0.2) is 26.6 Å². The van der Waals surface area contributed by atoms with Gasteiger partial charge in [0.15, 0.2) is 11.4 Å². The molecule has 3 N–H and O–H groups in total. The largest absolute Gasteiger partial charge is 0.479 e. The molecule has 2 unspecified atom stereocenters. The van der Waals surface area contributed by atoms with Gasteiger partial charge in [-0.1, -0.05) is 49.4 Å². The highest BCUT2D eigenvalue weighted by molar-refractivity contribution is 5.82. The standard InChI is InChI=1S/C24H27N5O2/c1-4-18-9-8-10-19(13-18)20-14-21(27-24(23(30)31)11-6-5-7-12-24)28-29(20)22-17(3)25-15-16(2)26-22/h5-11,13-15,20,27-28H,4,12H2,1-3H3,(H,30,31). The molecule has 1 aliphatic carbocycles. The van der Waals surface area contributed by atoms with Gasteiger partial charge in [-0.15, -0.1) is 0 Å². The quantitative estimate of drug-likeness (QED) is 0.663. The number of rotatable bonds is 6. The molecule has 7 nitrogen and oxygen atoms in total. The molecule has 160 valence electrons. The number of aromatic nitrogens is 2. The van der Waals surface area contributed by atoms with Crippen molar-refractivity contribution in [1.29, 1.82) is 0 Å². The maximum atomic E-state index is 12.1. The normalized spacial score (nSPS) is 22.2. The molecule has 31 heavy (non-hydrogen) atoms. The summed E-state index contributed by atoms with van der Waals surface area (Å²) in [6.45, 7) is 5.95. The number of nitrogens with one attached hydrogen (secondary N) is 2. The Hall–Kier alpha value is -3.61. The van der Waals surface area contributed by atoms with Crippen LogP contribution in [0.4, 0.5) is 5.82 Å². The molecule has 2 heterocycles. The summed E-state index contributed by atoms with van der Waals surface area (Å²) in [5, 5.41) is 15.1. The van der Waals surface area contributed by atoms with Crippen LogP contribution in [0.25, 0.3) is 0 Å². The van der Waals surface area contributed by atoms with Crippen LogP contribution in [0.3, 0.4) is 0 Å². The van der Waals surface area contributed by atoms with Gasteiger partial charge < -0.3 is 10.4 Å². The smallest absolute Gasteiger partial charge is 0.333 e. The number of allylic oxidation sites excluding steroid dienone is 2. The first kappa shape index (κ1) is 20.7. The number of carboxylic acid groups (broad SMARTS) is 1. The van der Waals surface area contributed by atoms with E-state index in [-0.39, 0.29) is 6.04 Å². The maximum absolute atomic E-state index is 12.1.